The first-order chi connectivity index (χ1) is 10.7. The molecule has 0 aromatic heterocycles. The standard InChI is InChI=1S/C15H17NO5S2/c1-21-13-5-3-4-12(10-13)11-16-23(19,20)15-8-6-14(7-9-15)22(2,17)18/h3-10,16H,11H2,1-2H3. The summed E-state index contributed by atoms with van der Waals surface area (Å²) in [6, 6.07) is 12.1. The molecule has 0 bridgehead atoms. The minimum absolute atomic E-state index is 0.00722. The monoisotopic (exact) mass is 355 g/mol. The minimum atomic E-state index is -3.73. The van der Waals surface area contributed by atoms with Crippen molar-refractivity contribution in [2.24, 2.45) is 0 Å². The van der Waals surface area contributed by atoms with Crippen molar-refractivity contribution in [2.45, 2.75) is 16.3 Å². The van der Waals surface area contributed by atoms with Gasteiger partial charge in [-0.3, -0.25) is 0 Å². The first-order valence-electron chi connectivity index (χ1n) is 6.65. The zero-order valence-electron chi connectivity index (χ0n) is 12.7. The van der Waals surface area contributed by atoms with Crippen LogP contribution in [0.4, 0.5) is 0 Å². The van der Waals surface area contributed by atoms with Crippen molar-refractivity contribution in [3.8, 4) is 5.75 Å². The Kier molecular flexibility index (Phi) is 5.08. The molecule has 0 radical (unpaired) electrons. The largest absolute Gasteiger partial charge is 0.497 e. The van der Waals surface area contributed by atoms with Gasteiger partial charge in [0.25, 0.3) is 0 Å². The summed E-state index contributed by atoms with van der Waals surface area (Å²) in [7, 11) is -5.55. The molecule has 0 heterocycles. The van der Waals surface area contributed by atoms with E-state index in [2.05, 4.69) is 4.72 Å². The summed E-state index contributed by atoms with van der Waals surface area (Å²) in [5.74, 6) is 0.638. The third-order valence-electron chi connectivity index (χ3n) is 3.16. The minimum Gasteiger partial charge on any atom is -0.497 e. The summed E-state index contributed by atoms with van der Waals surface area (Å²) in [5.41, 5.74) is 0.751. The highest BCUT2D eigenvalue weighted by atomic mass is 32.2. The Morgan fingerprint density at radius 1 is 0.957 bits per heavy atom. The molecule has 6 nitrogen and oxygen atoms in total. The van der Waals surface area contributed by atoms with Crippen molar-refractivity contribution < 1.29 is 21.6 Å². The fraction of sp³-hybridized carbons (Fsp3) is 0.200. The lowest BCUT2D eigenvalue weighted by Gasteiger charge is -2.08. The summed E-state index contributed by atoms with van der Waals surface area (Å²) in [4.78, 5) is 0.0806. The lowest BCUT2D eigenvalue weighted by atomic mass is 10.2. The second-order valence-corrected chi connectivity index (χ2v) is 8.70. The molecule has 1 N–H and O–H groups in total. The number of sulfone groups is 1. The number of nitrogens with one attached hydrogen (secondary N) is 1. The highest BCUT2D eigenvalue weighted by Gasteiger charge is 2.15. The van der Waals surface area contributed by atoms with Gasteiger partial charge in [-0.2, -0.15) is 0 Å². The van der Waals surface area contributed by atoms with Crippen molar-refractivity contribution in [1.82, 2.24) is 4.72 Å². The molecule has 0 saturated carbocycles. The third-order valence-corrected chi connectivity index (χ3v) is 5.71. The third kappa shape index (κ3) is 4.54. The second kappa shape index (κ2) is 6.69. The first kappa shape index (κ1) is 17.5. The van der Waals surface area contributed by atoms with Crippen LogP contribution in [0, 0.1) is 0 Å². The van der Waals surface area contributed by atoms with Crippen LogP contribution in [0.25, 0.3) is 0 Å². The highest BCUT2D eigenvalue weighted by molar-refractivity contribution is 7.90. The molecule has 0 unspecified atom stereocenters. The van der Waals surface area contributed by atoms with Gasteiger partial charge in [0.05, 0.1) is 16.9 Å². The lowest BCUT2D eigenvalue weighted by molar-refractivity contribution is 0.414. The summed E-state index contributed by atoms with van der Waals surface area (Å²) in [6.45, 7) is 0.105. The molecular weight excluding hydrogens is 338 g/mol. The quantitative estimate of drug-likeness (QED) is 0.850. The molecule has 2 aromatic carbocycles. The predicted octanol–water partition coefficient (Wildman–Crippen LogP) is 1.58. The SMILES string of the molecule is COc1cccc(CNS(=O)(=O)c2ccc(S(C)(=O)=O)cc2)c1. The Morgan fingerprint density at radius 3 is 2.13 bits per heavy atom. The molecule has 2 rings (SSSR count). The number of rotatable bonds is 6. The molecule has 0 saturated heterocycles. The van der Waals surface area contributed by atoms with E-state index < -0.39 is 19.9 Å². The van der Waals surface area contributed by atoms with Crippen molar-refractivity contribution in [3.63, 3.8) is 0 Å². The van der Waals surface area contributed by atoms with Gasteiger partial charge in [0.15, 0.2) is 9.84 Å². The Bertz CT molecular complexity index is 888. The molecule has 23 heavy (non-hydrogen) atoms. The van der Waals surface area contributed by atoms with Crippen LogP contribution in [0.3, 0.4) is 0 Å². The fourth-order valence-corrected chi connectivity index (χ4v) is 3.56. The smallest absolute Gasteiger partial charge is 0.240 e. The molecule has 0 fully saturated rings. The maximum Gasteiger partial charge on any atom is 0.240 e. The first-order valence-corrected chi connectivity index (χ1v) is 10.0. The Labute approximate surface area is 136 Å². The van der Waals surface area contributed by atoms with Gasteiger partial charge >= 0.3 is 0 Å². The van der Waals surface area contributed by atoms with E-state index in [9.17, 15) is 16.8 Å². The maximum absolute atomic E-state index is 12.2. The average molecular weight is 355 g/mol. The lowest BCUT2D eigenvalue weighted by Crippen LogP contribution is -2.23. The molecule has 124 valence electrons. The van der Waals surface area contributed by atoms with Gasteiger partial charge in [0.1, 0.15) is 5.75 Å². The number of hydrogen-bond donors (Lipinski definition) is 1. The number of sulfonamides is 1. The normalized spacial score (nSPS) is 12.1. The van der Waals surface area contributed by atoms with Crippen LogP contribution < -0.4 is 9.46 Å². The summed E-state index contributed by atoms with van der Waals surface area (Å²) in [6.07, 6.45) is 1.07. The van der Waals surface area contributed by atoms with Crippen LogP contribution in [0.5, 0.6) is 5.75 Å². The molecule has 2 aromatic rings. The van der Waals surface area contributed by atoms with E-state index in [1.807, 2.05) is 0 Å². The fourth-order valence-electron chi connectivity index (χ4n) is 1.91. The highest BCUT2D eigenvalue weighted by Crippen LogP contribution is 2.16. The number of methoxy groups -OCH3 is 1. The van der Waals surface area contributed by atoms with E-state index in [0.29, 0.717) is 5.75 Å². The number of ether oxygens (including phenoxy) is 1. The molecule has 0 aliphatic carbocycles. The predicted molar refractivity (Wildman–Crippen MR) is 86.6 cm³/mol. The zero-order chi connectivity index (χ0) is 17.1. The Balaban J connectivity index is 2.15. The van der Waals surface area contributed by atoms with Crippen molar-refractivity contribution in [1.29, 1.82) is 0 Å². The van der Waals surface area contributed by atoms with Gasteiger partial charge in [0.2, 0.25) is 10.0 Å². The number of benzene rings is 2. The summed E-state index contributed by atoms with van der Waals surface area (Å²) >= 11 is 0. The Hall–Kier alpha value is -1.90. The van der Waals surface area contributed by atoms with E-state index in [1.165, 1.54) is 31.4 Å². The van der Waals surface area contributed by atoms with Crippen molar-refractivity contribution >= 4 is 19.9 Å². The van der Waals surface area contributed by atoms with Gasteiger partial charge < -0.3 is 4.74 Å². The molecule has 0 aliphatic heterocycles. The molecular formula is C15H17NO5S2. The molecule has 0 aliphatic rings. The van der Waals surface area contributed by atoms with E-state index in [-0.39, 0.29) is 16.3 Å². The second-order valence-electron chi connectivity index (χ2n) is 4.92. The van der Waals surface area contributed by atoms with Crippen LogP contribution in [0.1, 0.15) is 5.56 Å². The van der Waals surface area contributed by atoms with Crippen LogP contribution in [-0.2, 0) is 26.4 Å². The maximum atomic E-state index is 12.2. The van der Waals surface area contributed by atoms with Crippen LogP contribution in [0.15, 0.2) is 58.3 Å². The van der Waals surface area contributed by atoms with E-state index >= 15 is 0 Å². The molecule has 0 spiro atoms. The molecule has 0 atom stereocenters. The zero-order valence-corrected chi connectivity index (χ0v) is 14.3. The van der Waals surface area contributed by atoms with Gasteiger partial charge in [-0.25, -0.2) is 21.6 Å². The van der Waals surface area contributed by atoms with Gasteiger partial charge in [-0.1, -0.05) is 12.1 Å². The summed E-state index contributed by atoms with van der Waals surface area (Å²) in [5, 5.41) is 0. The Morgan fingerprint density at radius 2 is 1.57 bits per heavy atom. The molecule has 0 amide bonds. The van der Waals surface area contributed by atoms with Gasteiger partial charge in [-0.05, 0) is 42.0 Å². The van der Waals surface area contributed by atoms with Crippen molar-refractivity contribution in [2.75, 3.05) is 13.4 Å². The van der Waals surface area contributed by atoms with Gasteiger partial charge in [0, 0.05) is 12.8 Å². The van der Waals surface area contributed by atoms with Crippen molar-refractivity contribution in [3.05, 3.63) is 54.1 Å². The van der Waals surface area contributed by atoms with Crippen LogP contribution >= 0.6 is 0 Å². The van der Waals surface area contributed by atoms with Crippen LogP contribution in [0.2, 0.25) is 0 Å². The topological polar surface area (TPSA) is 89.5 Å². The van der Waals surface area contributed by atoms with E-state index in [4.69, 9.17) is 4.74 Å². The van der Waals surface area contributed by atoms with E-state index in [1.54, 1.807) is 24.3 Å². The van der Waals surface area contributed by atoms with Gasteiger partial charge in [-0.15, -0.1) is 0 Å². The molecule has 8 heteroatoms. The summed E-state index contributed by atoms with van der Waals surface area (Å²) < 4.78 is 54.8. The average Bonchev–Trinajstić information content (AvgIpc) is 2.52. The van der Waals surface area contributed by atoms with Crippen LogP contribution in [-0.4, -0.2) is 30.2 Å². The van der Waals surface area contributed by atoms with E-state index in [0.717, 1.165) is 11.8 Å². The number of hydrogen-bond acceptors (Lipinski definition) is 5.